The molecule has 9 nitrogen and oxygen atoms in total. The van der Waals surface area contributed by atoms with Crippen LogP contribution >= 0.6 is 22.9 Å². The molecule has 0 radical (unpaired) electrons. The van der Waals surface area contributed by atoms with E-state index in [4.69, 9.17) is 11.6 Å². The van der Waals surface area contributed by atoms with Crippen molar-refractivity contribution in [1.82, 2.24) is 30.7 Å². The van der Waals surface area contributed by atoms with Crippen LogP contribution in [0.3, 0.4) is 0 Å². The van der Waals surface area contributed by atoms with Gasteiger partial charge in [0.05, 0.1) is 23.5 Å². The fourth-order valence-corrected chi connectivity index (χ4v) is 7.21. The van der Waals surface area contributed by atoms with Crippen molar-refractivity contribution in [3.63, 3.8) is 0 Å². The van der Waals surface area contributed by atoms with E-state index < -0.39 is 0 Å². The van der Waals surface area contributed by atoms with Gasteiger partial charge >= 0.3 is 0 Å². The van der Waals surface area contributed by atoms with Gasteiger partial charge in [-0.05, 0) is 44.9 Å². The Labute approximate surface area is 238 Å². The number of aromatic nitrogens is 1. The Hall–Kier alpha value is -2.69. The third-order valence-electron chi connectivity index (χ3n) is 8.04. The number of thiazole rings is 1. The molecule has 210 valence electrons. The summed E-state index contributed by atoms with van der Waals surface area (Å²) in [4.78, 5) is 49.5. The van der Waals surface area contributed by atoms with Gasteiger partial charge in [-0.15, -0.1) is 11.3 Å². The highest BCUT2D eigenvalue weighted by Gasteiger charge is 2.38. The molecule has 2 aliphatic heterocycles. The van der Waals surface area contributed by atoms with Crippen LogP contribution in [0.5, 0.6) is 0 Å². The van der Waals surface area contributed by atoms with Crippen molar-refractivity contribution in [3.05, 3.63) is 50.6 Å². The zero-order valence-electron chi connectivity index (χ0n) is 22.7. The number of amides is 3. The normalized spacial score (nSPS) is 27.9. The van der Waals surface area contributed by atoms with Gasteiger partial charge in [0.25, 0.3) is 11.8 Å². The van der Waals surface area contributed by atoms with E-state index in [-0.39, 0.29) is 47.7 Å². The molecule has 3 amide bonds. The van der Waals surface area contributed by atoms with E-state index in [1.165, 1.54) is 11.3 Å². The molecule has 1 fully saturated rings. The van der Waals surface area contributed by atoms with Crippen LogP contribution in [0, 0.1) is 11.8 Å². The first-order valence-electron chi connectivity index (χ1n) is 13.8. The number of carbonyl (C=O) groups is 3. The molecular weight excluding hydrogens is 536 g/mol. The number of carbonyl (C=O) groups excluding carboxylic acids is 3. The van der Waals surface area contributed by atoms with E-state index >= 15 is 0 Å². The quantitative estimate of drug-likeness (QED) is 0.464. The number of fused-ring (bicyclic) bond motifs is 2. The number of nitrogens with one attached hydrogen (secondary N) is 3. The van der Waals surface area contributed by atoms with E-state index in [1.807, 2.05) is 38.3 Å². The minimum Gasteiger partial charge on any atom is -0.374 e. The zero-order valence-corrected chi connectivity index (χ0v) is 24.3. The van der Waals surface area contributed by atoms with Crippen molar-refractivity contribution in [2.24, 2.45) is 11.8 Å². The molecule has 1 saturated carbocycles. The molecule has 3 N–H and O–H groups in total. The van der Waals surface area contributed by atoms with Crippen molar-refractivity contribution in [3.8, 4) is 0 Å². The number of hydrogen-bond acceptors (Lipinski definition) is 7. The summed E-state index contributed by atoms with van der Waals surface area (Å²) >= 11 is 7.58. The average molecular weight is 573 g/mol. The second-order valence-corrected chi connectivity index (χ2v) is 12.6. The summed E-state index contributed by atoms with van der Waals surface area (Å²) in [5, 5.41) is 10.7. The minimum absolute atomic E-state index is 0.00110. The van der Waals surface area contributed by atoms with Gasteiger partial charge in [-0.2, -0.15) is 0 Å². The predicted molar refractivity (Wildman–Crippen MR) is 152 cm³/mol. The number of likely N-dealkylation sites (N-methyl/N-ethyl adjacent to an activating group) is 1. The zero-order chi connectivity index (χ0) is 27.7. The predicted octanol–water partition coefficient (Wildman–Crippen LogP) is 2.55. The van der Waals surface area contributed by atoms with Crippen molar-refractivity contribution in [2.45, 2.75) is 63.7 Å². The lowest BCUT2D eigenvalue weighted by Gasteiger charge is -2.37. The minimum atomic E-state index is -0.388. The number of rotatable bonds is 7. The molecule has 5 atom stereocenters. The first-order chi connectivity index (χ1) is 18.7. The maximum atomic E-state index is 13.4. The summed E-state index contributed by atoms with van der Waals surface area (Å²) in [6.07, 6.45) is 11.0. The third-order valence-corrected chi connectivity index (χ3v) is 9.37. The Bertz CT molecular complexity index is 1230. The molecule has 3 heterocycles. The lowest BCUT2D eigenvalue weighted by atomic mass is 9.81. The molecule has 39 heavy (non-hydrogen) atoms. The average Bonchev–Trinajstić information content (AvgIpc) is 3.53. The van der Waals surface area contributed by atoms with Crippen molar-refractivity contribution in [2.75, 3.05) is 27.2 Å². The van der Waals surface area contributed by atoms with Gasteiger partial charge in [0.1, 0.15) is 0 Å². The van der Waals surface area contributed by atoms with E-state index in [9.17, 15) is 14.4 Å². The summed E-state index contributed by atoms with van der Waals surface area (Å²) in [5.74, 6) is -0.551. The SMILES string of the molecule is CCCN(C)C(=O)[C@H]1CC[C@H](NC(=O)C2=CC3C=C(Cl)C=CC3N2)[C@H](NC(=O)c2nc3c(s2)CN(C)CC3)C1. The Morgan fingerprint density at radius 1 is 1.21 bits per heavy atom. The summed E-state index contributed by atoms with van der Waals surface area (Å²) in [5.41, 5.74) is 1.50. The number of hydrogen-bond donors (Lipinski definition) is 3. The Kier molecular flexibility index (Phi) is 8.44. The Balaban J connectivity index is 1.30. The topological polar surface area (TPSA) is 107 Å². The Morgan fingerprint density at radius 2 is 2.00 bits per heavy atom. The second kappa shape index (κ2) is 11.8. The molecule has 0 aromatic carbocycles. The summed E-state index contributed by atoms with van der Waals surface area (Å²) < 4.78 is 0. The fourth-order valence-electron chi connectivity index (χ4n) is 5.91. The first kappa shape index (κ1) is 27.9. The largest absolute Gasteiger partial charge is 0.374 e. The van der Waals surface area contributed by atoms with E-state index in [0.29, 0.717) is 41.5 Å². The van der Waals surface area contributed by atoms with Gasteiger partial charge in [0.15, 0.2) is 5.01 Å². The van der Waals surface area contributed by atoms with E-state index in [0.717, 1.165) is 36.5 Å². The molecular formula is C28H37ClN6O3S. The maximum absolute atomic E-state index is 13.4. The van der Waals surface area contributed by atoms with Crippen molar-refractivity contribution >= 4 is 40.7 Å². The Morgan fingerprint density at radius 3 is 2.79 bits per heavy atom. The maximum Gasteiger partial charge on any atom is 0.280 e. The number of allylic oxidation sites excluding steroid dienone is 2. The van der Waals surface area contributed by atoms with Crippen LogP contribution in [0.4, 0.5) is 0 Å². The molecule has 1 aromatic heterocycles. The van der Waals surface area contributed by atoms with Gasteiger partial charge in [-0.25, -0.2) is 4.98 Å². The van der Waals surface area contributed by atoms with Crippen LogP contribution in [0.25, 0.3) is 0 Å². The molecule has 0 saturated heterocycles. The van der Waals surface area contributed by atoms with Gasteiger partial charge in [0, 0.05) is 60.9 Å². The smallest absolute Gasteiger partial charge is 0.280 e. The van der Waals surface area contributed by atoms with Crippen LogP contribution in [0.2, 0.25) is 0 Å². The van der Waals surface area contributed by atoms with Crippen LogP contribution in [-0.2, 0) is 22.6 Å². The van der Waals surface area contributed by atoms with Crippen molar-refractivity contribution < 1.29 is 14.4 Å². The summed E-state index contributed by atoms with van der Waals surface area (Å²) in [6.45, 7) is 4.46. The highest BCUT2D eigenvalue weighted by molar-refractivity contribution is 7.13. The number of halogens is 1. The molecule has 11 heteroatoms. The second-order valence-electron chi connectivity index (χ2n) is 11.0. The van der Waals surface area contributed by atoms with Gasteiger partial charge in [-0.3, -0.25) is 14.4 Å². The summed E-state index contributed by atoms with van der Waals surface area (Å²) in [6, 6.07) is -0.690. The molecule has 0 spiro atoms. The van der Waals surface area contributed by atoms with Crippen LogP contribution < -0.4 is 16.0 Å². The summed E-state index contributed by atoms with van der Waals surface area (Å²) in [7, 11) is 3.90. The third kappa shape index (κ3) is 6.23. The highest BCUT2D eigenvalue weighted by Crippen LogP contribution is 2.30. The lowest BCUT2D eigenvalue weighted by molar-refractivity contribution is -0.135. The first-order valence-corrected chi connectivity index (χ1v) is 15.0. The monoisotopic (exact) mass is 572 g/mol. The van der Waals surface area contributed by atoms with Crippen LogP contribution in [0.15, 0.2) is 35.0 Å². The lowest BCUT2D eigenvalue weighted by Crippen LogP contribution is -2.56. The molecule has 5 rings (SSSR count). The standard InChI is InChI=1S/C28H37ClN6O3S/c1-4-10-35(3)28(38)16-5-7-20(31-25(36)23-14-17-12-18(29)6-8-19(17)30-23)22(13-16)32-26(37)27-33-21-9-11-34(2)15-24(21)39-27/h6,8,12,14,16-17,19-20,22,30H,4-5,7,9-11,13,15H2,1-3H3,(H,31,36)(H,32,37)/t16-,17?,19?,20-,22+/m0/s1. The number of nitrogens with zero attached hydrogens (tertiary/aromatic N) is 3. The fraction of sp³-hybridized carbons (Fsp3) is 0.571. The molecule has 4 aliphatic rings. The van der Waals surface area contributed by atoms with Gasteiger partial charge in [-0.1, -0.05) is 30.7 Å². The molecule has 0 bridgehead atoms. The molecule has 2 unspecified atom stereocenters. The van der Waals surface area contributed by atoms with E-state index in [1.54, 1.807) is 4.90 Å². The highest BCUT2D eigenvalue weighted by atomic mass is 35.5. The van der Waals surface area contributed by atoms with Crippen LogP contribution in [-0.4, -0.2) is 77.8 Å². The van der Waals surface area contributed by atoms with E-state index in [2.05, 4.69) is 32.9 Å². The molecule has 1 aromatic rings. The van der Waals surface area contributed by atoms with Crippen LogP contribution in [0.1, 0.15) is 53.0 Å². The van der Waals surface area contributed by atoms with Crippen molar-refractivity contribution in [1.29, 1.82) is 0 Å². The van der Waals surface area contributed by atoms with Gasteiger partial charge in [0.2, 0.25) is 5.91 Å². The molecule has 2 aliphatic carbocycles. The van der Waals surface area contributed by atoms with Gasteiger partial charge < -0.3 is 25.8 Å².